The van der Waals surface area contributed by atoms with Crippen LogP contribution in [0.5, 0.6) is 5.75 Å². The Morgan fingerprint density at radius 2 is 1.95 bits per heavy atom. The summed E-state index contributed by atoms with van der Waals surface area (Å²) in [6.45, 7) is 6.51. The summed E-state index contributed by atoms with van der Waals surface area (Å²) in [5, 5.41) is 11.8. The van der Waals surface area contributed by atoms with Gasteiger partial charge in [-0.25, -0.2) is 9.18 Å². The number of halogens is 1. The molecule has 110 valence electrons. The van der Waals surface area contributed by atoms with E-state index in [-0.39, 0.29) is 0 Å². The fraction of sp³-hybridized carbons (Fsp3) is 0.429. The van der Waals surface area contributed by atoms with E-state index in [1.807, 2.05) is 0 Å². The van der Waals surface area contributed by atoms with Crippen LogP contribution in [0.15, 0.2) is 18.2 Å². The molecule has 0 aliphatic carbocycles. The number of amides is 1. The summed E-state index contributed by atoms with van der Waals surface area (Å²) in [6.07, 6.45) is 0. The minimum absolute atomic E-state index is 0.487. The molecule has 0 aromatic heterocycles. The van der Waals surface area contributed by atoms with Gasteiger partial charge in [0.15, 0.2) is 0 Å². The number of esters is 1. The molecule has 0 saturated heterocycles. The van der Waals surface area contributed by atoms with E-state index < -0.39 is 40.6 Å². The molecule has 2 N–H and O–H groups in total. The Bertz CT molecular complexity index is 502. The molecule has 0 saturated carbocycles. The van der Waals surface area contributed by atoms with Crippen LogP contribution in [-0.4, -0.2) is 28.6 Å². The van der Waals surface area contributed by atoms with Crippen LogP contribution < -0.4 is 5.32 Å². The van der Waals surface area contributed by atoms with E-state index >= 15 is 0 Å². The Labute approximate surface area is 116 Å². The van der Waals surface area contributed by atoms with E-state index in [9.17, 15) is 19.1 Å². The second-order valence-electron chi connectivity index (χ2n) is 5.36. The van der Waals surface area contributed by atoms with Crippen molar-refractivity contribution in [1.82, 2.24) is 5.32 Å². The first-order valence-corrected chi connectivity index (χ1v) is 6.13. The fourth-order valence-electron chi connectivity index (χ4n) is 1.46. The number of ether oxygens (including phenoxy) is 1. The molecular formula is C14H18FNO4. The van der Waals surface area contributed by atoms with Crippen molar-refractivity contribution in [2.75, 3.05) is 0 Å². The zero-order valence-electron chi connectivity index (χ0n) is 11.9. The minimum atomic E-state index is -0.958. The van der Waals surface area contributed by atoms with E-state index in [0.717, 1.165) is 6.07 Å². The zero-order valence-corrected chi connectivity index (χ0v) is 11.9. The number of hydrogen-bond acceptors (Lipinski definition) is 4. The molecule has 5 nitrogen and oxygen atoms in total. The van der Waals surface area contributed by atoms with Crippen molar-refractivity contribution in [2.24, 2.45) is 0 Å². The van der Waals surface area contributed by atoms with Gasteiger partial charge in [-0.2, -0.15) is 0 Å². The molecule has 0 fully saturated rings. The van der Waals surface area contributed by atoms with Crippen molar-refractivity contribution in [1.29, 1.82) is 0 Å². The highest BCUT2D eigenvalue weighted by Crippen LogP contribution is 2.19. The standard InChI is InChI=1S/C14H18FNO4/c1-8(13(19)20-14(2,3)4)16-12(18)11-9(15)6-5-7-10(11)17/h5-8,17H,1-4H3,(H,16,18)/t8-/m0/s1. The highest BCUT2D eigenvalue weighted by Gasteiger charge is 2.25. The third-order valence-corrected chi connectivity index (χ3v) is 2.33. The molecule has 0 bridgehead atoms. The molecule has 0 heterocycles. The van der Waals surface area contributed by atoms with Gasteiger partial charge in [0.05, 0.1) is 0 Å². The van der Waals surface area contributed by atoms with Crippen molar-refractivity contribution in [2.45, 2.75) is 39.3 Å². The van der Waals surface area contributed by atoms with Gasteiger partial charge in [0.1, 0.15) is 28.8 Å². The molecule has 1 aromatic carbocycles. The van der Waals surface area contributed by atoms with Gasteiger partial charge in [-0.15, -0.1) is 0 Å². The van der Waals surface area contributed by atoms with Crippen LogP contribution in [0, 0.1) is 5.82 Å². The lowest BCUT2D eigenvalue weighted by Gasteiger charge is -2.22. The Hall–Kier alpha value is -2.11. The van der Waals surface area contributed by atoms with E-state index in [4.69, 9.17) is 4.74 Å². The summed E-state index contributed by atoms with van der Waals surface area (Å²) in [6, 6.07) is 2.56. The third kappa shape index (κ3) is 4.22. The van der Waals surface area contributed by atoms with Crippen LogP contribution in [0.4, 0.5) is 4.39 Å². The summed E-state index contributed by atoms with van der Waals surface area (Å²) in [4.78, 5) is 23.6. The second kappa shape index (κ2) is 5.90. The molecule has 0 radical (unpaired) electrons. The molecule has 0 aliphatic rings. The minimum Gasteiger partial charge on any atom is -0.507 e. The number of aromatic hydroxyl groups is 1. The van der Waals surface area contributed by atoms with Crippen molar-refractivity contribution in [3.8, 4) is 5.75 Å². The lowest BCUT2D eigenvalue weighted by atomic mass is 10.1. The SMILES string of the molecule is C[C@H](NC(=O)c1c(O)cccc1F)C(=O)OC(C)(C)C. The molecule has 20 heavy (non-hydrogen) atoms. The normalized spacial score (nSPS) is 12.7. The van der Waals surface area contributed by atoms with Gasteiger partial charge in [-0.3, -0.25) is 4.79 Å². The topological polar surface area (TPSA) is 75.6 Å². The number of phenols is 1. The number of rotatable bonds is 3. The second-order valence-corrected chi connectivity index (χ2v) is 5.36. The lowest BCUT2D eigenvalue weighted by molar-refractivity contribution is -0.156. The summed E-state index contributed by atoms with van der Waals surface area (Å²) in [7, 11) is 0. The van der Waals surface area contributed by atoms with Crippen LogP contribution in [0.1, 0.15) is 38.1 Å². The van der Waals surface area contributed by atoms with E-state index in [1.54, 1.807) is 20.8 Å². The van der Waals surface area contributed by atoms with Crippen LogP contribution >= 0.6 is 0 Å². The first-order valence-electron chi connectivity index (χ1n) is 6.13. The van der Waals surface area contributed by atoms with Crippen LogP contribution in [0.25, 0.3) is 0 Å². The molecule has 0 unspecified atom stereocenters. The first kappa shape index (κ1) is 15.9. The quantitative estimate of drug-likeness (QED) is 0.832. The average molecular weight is 283 g/mol. The number of carbonyl (C=O) groups is 2. The number of hydrogen-bond donors (Lipinski definition) is 2. The smallest absolute Gasteiger partial charge is 0.328 e. The van der Waals surface area contributed by atoms with E-state index in [1.165, 1.54) is 19.1 Å². The van der Waals surface area contributed by atoms with Crippen molar-refractivity contribution >= 4 is 11.9 Å². The molecule has 1 rings (SSSR count). The Morgan fingerprint density at radius 3 is 2.45 bits per heavy atom. The van der Waals surface area contributed by atoms with Crippen LogP contribution in [0.3, 0.4) is 0 Å². The van der Waals surface area contributed by atoms with Crippen molar-refractivity contribution < 1.29 is 23.8 Å². The zero-order chi connectivity index (χ0) is 15.5. The largest absolute Gasteiger partial charge is 0.507 e. The summed E-state index contributed by atoms with van der Waals surface area (Å²) < 4.78 is 18.6. The Morgan fingerprint density at radius 1 is 1.35 bits per heavy atom. The summed E-state index contributed by atoms with van der Waals surface area (Å²) >= 11 is 0. The maximum Gasteiger partial charge on any atom is 0.328 e. The van der Waals surface area contributed by atoms with Crippen molar-refractivity contribution in [3.63, 3.8) is 0 Å². The van der Waals surface area contributed by atoms with Gasteiger partial charge in [0.2, 0.25) is 0 Å². The monoisotopic (exact) mass is 283 g/mol. The predicted octanol–water partition coefficient (Wildman–Crippen LogP) is 1.99. The van der Waals surface area contributed by atoms with Gasteiger partial charge >= 0.3 is 5.97 Å². The first-order chi connectivity index (χ1) is 9.11. The fourth-order valence-corrected chi connectivity index (χ4v) is 1.46. The Balaban J connectivity index is 2.78. The molecule has 1 amide bonds. The lowest BCUT2D eigenvalue weighted by Crippen LogP contribution is -2.42. The van der Waals surface area contributed by atoms with Gasteiger partial charge in [-0.05, 0) is 39.8 Å². The highest BCUT2D eigenvalue weighted by molar-refractivity contribution is 5.99. The van der Waals surface area contributed by atoms with E-state index in [0.29, 0.717) is 0 Å². The summed E-state index contributed by atoms with van der Waals surface area (Å²) in [5.41, 5.74) is -1.18. The highest BCUT2D eigenvalue weighted by atomic mass is 19.1. The molecule has 6 heteroatoms. The van der Waals surface area contributed by atoms with Gasteiger partial charge in [0, 0.05) is 0 Å². The van der Waals surface area contributed by atoms with Crippen molar-refractivity contribution in [3.05, 3.63) is 29.6 Å². The predicted molar refractivity (Wildman–Crippen MR) is 70.8 cm³/mol. The number of benzene rings is 1. The molecular weight excluding hydrogens is 265 g/mol. The maximum atomic E-state index is 13.5. The molecule has 1 atom stereocenters. The maximum absolute atomic E-state index is 13.5. The van der Waals surface area contributed by atoms with Gasteiger partial charge < -0.3 is 15.2 Å². The molecule has 0 aliphatic heterocycles. The third-order valence-electron chi connectivity index (χ3n) is 2.33. The van der Waals surface area contributed by atoms with Crippen LogP contribution in [-0.2, 0) is 9.53 Å². The number of nitrogens with one attached hydrogen (secondary N) is 1. The average Bonchev–Trinajstić information content (AvgIpc) is 2.26. The molecule has 0 spiro atoms. The number of phenolic OH excluding ortho intramolecular Hbond substituents is 1. The summed E-state index contributed by atoms with van der Waals surface area (Å²) in [5.74, 6) is -2.86. The van der Waals surface area contributed by atoms with Gasteiger partial charge in [-0.1, -0.05) is 6.07 Å². The Kier molecular flexibility index (Phi) is 4.70. The molecule has 1 aromatic rings. The van der Waals surface area contributed by atoms with Crippen LogP contribution in [0.2, 0.25) is 0 Å². The van der Waals surface area contributed by atoms with Gasteiger partial charge in [0.25, 0.3) is 5.91 Å². The number of carbonyl (C=O) groups excluding carboxylic acids is 2. The van der Waals surface area contributed by atoms with E-state index in [2.05, 4.69) is 5.32 Å².